The van der Waals surface area contributed by atoms with Gasteiger partial charge in [0, 0.05) is 6.08 Å². The van der Waals surface area contributed by atoms with Gasteiger partial charge in [-0.15, -0.1) is 0 Å². The van der Waals surface area contributed by atoms with Gasteiger partial charge in [0.05, 0.1) is 21.3 Å². The first-order valence-electron chi connectivity index (χ1n) is 9.15. The molecule has 0 saturated heterocycles. The summed E-state index contributed by atoms with van der Waals surface area (Å²) >= 11 is 0. The summed E-state index contributed by atoms with van der Waals surface area (Å²) in [5, 5.41) is 0. The molecule has 2 aromatic rings. The van der Waals surface area contributed by atoms with E-state index in [1.165, 1.54) is 27.4 Å². The number of nitrogens with one attached hydrogen (secondary N) is 2. The van der Waals surface area contributed by atoms with Gasteiger partial charge in [-0.3, -0.25) is 20.4 Å². The first kappa shape index (κ1) is 22.6. The van der Waals surface area contributed by atoms with Crippen LogP contribution in [0.25, 0.3) is 6.08 Å². The summed E-state index contributed by atoms with van der Waals surface area (Å²) in [6.45, 7) is 3.73. The summed E-state index contributed by atoms with van der Waals surface area (Å²) in [6, 6.07) is 8.94. The van der Waals surface area contributed by atoms with Gasteiger partial charge in [0.2, 0.25) is 5.75 Å². The van der Waals surface area contributed by atoms with Crippen molar-refractivity contribution in [3.05, 3.63) is 53.1 Å². The van der Waals surface area contributed by atoms with Gasteiger partial charge >= 0.3 is 0 Å². The Hall–Kier alpha value is -3.68. The molecule has 8 nitrogen and oxygen atoms in total. The van der Waals surface area contributed by atoms with Crippen LogP contribution in [-0.2, 0) is 9.59 Å². The van der Waals surface area contributed by atoms with Crippen molar-refractivity contribution in [2.24, 2.45) is 0 Å². The minimum atomic E-state index is -0.511. The maximum atomic E-state index is 12.0. The summed E-state index contributed by atoms with van der Waals surface area (Å²) in [6.07, 6.45) is 2.82. The molecule has 0 aliphatic carbocycles. The number of hydrogen-bond donors (Lipinski definition) is 2. The van der Waals surface area contributed by atoms with Crippen molar-refractivity contribution in [3.8, 4) is 23.0 Å². The van der Waals surface area contributed by atoms with Gasteiger partial charge in [-0.25, -0.2) is 0 Å². The zero-order valence-electron chi connectivity index (χ0n) is 17.7. The Morgan fingerprint density at radius 1 is 0.900 bits per heavy atom. The predicted molar refractivity (Wildman–Crippen MR) is 113 cm³/mol. The van der Waals surface area contributed by atoms with E-state index in [0.717, 1.165) is 11.1 Å². The zero-order chi connectivity index (χ0) is 22.1. The number of carbonyl (C=O) groups is 2. The smallest absolute Gasteiger partial charge is 0.276 e. The molecule has 0 unspecified atom stereocenters. The fourth-order valence-electron chi connectivity index (χ4n) is 2.53. The van der Waals surface area contributed by atoms with Gasteiger partial charge in [0.1, 0.15) is 5.75 Å². The number of rotatable bonds is 8. The van der Waals surface area contributed by atoms with E-state index in [9.17, 15) is 9.59 Å². The molecular formula is C22H26N2O6. The zero-order valence-corrected chi connectivity index (χ0v) is 17.7. The third-order valence-corrected chi connectivity index (χ3v) is 4.29. The topological polar surface area (TPSA) is 95.1 Å². The van der Waals surface area contributed by atoms with Crippen LogP contribution in [-0.4, -0.2) is 39.8 Å². The second-order valence-corrected chi connectivity index (χ2v) is 6.36. The van der Waals surface area contributed by atoms with Gasteiger partial charge in [-0.2, -0.15) is 0 Å². The van der Waals surface area contributed by atoms with Crippen LogP contribution in [0.4, 0.5) is 0 Å². The van der Waals surface area contributed by atoms with Crippen LogP contribution in [0.1, 0.15) is 16.7 Å². The van der Waals surface area contributed by atoms with E-state index in [-0.39, 0.29) is 6.61 Å². The molecule has 0 aliphatic rings. The molecule has 0 bridgehead atoms. The van der Waals surface area contributed by atoms with E-state index in [2.05, 4.69) is 10.9 Å². The van der Waals surface area contributed by atoms with Crippen LogP contribution in [0, 0.1) is 13.8 Å². The van der Waals surface area contributed by atoms with Gasteiger partial charge in [-0.1, -0.05) is 6.07 Å². The third kappa shape index (κ3) is 6.16. The van der Waals surface area contributed by atoms with E-state index in [1.54, 1.807) is 24.3 Å². The van der Waals surface area contributed by atoms with Crippen molar-refractivity contribution in [2.75, 3.05) is 27.9 Å². The van der Waals surface area contributed by atoms with Gasteiger partial charge < -0.3 is 18.9 Å². The molecule has 0 spiro atoms. The van der Waals surface area contributed by atoms with E-state index < -0.39 is 11.8 Å². The largest absolute Gasteiger partial charge is 0.493 e. The number of hydrogen-bond acceptors (Lipinski definition) is 6. The van der Waals surface area contributed by atoms with Crippen LogP contribution < -0.4 is 29.8 Å². The highest BCUT2D eigenvalue weighted by Crippen LogP contribution is 2.38. The maximum absolute atomic E-state index is 12.0. The molecule has 0 radical (unpaired) electrons. The van der Waals surface area contributed by atoms with Crippen molar-refractivity contribution in [1.29, 1.82) is 0 Å². The van der Waals surface area contributed by atoms with E-state index in [4.69, 9.17) is 18.9 Å². The molecule has 30 heavy (non-hydrogen) atoms. The van der Waals surface area contributed by atoms with Gasteiger partial charge in [-0.05, 0) is 60.9 Å². The number of hydrazine groups is 1. The van der Waals surface area contributed by atoms with Crippen molar-refractivity contribution < 1.29 is 28.5 Å². The van der Waals surface area contributed by atoms with Gasteiger partial charge in [0.15, 0.2) is 18.1 Å². The third-order valence-electron chi connectivity index (χ3n) is 4.29. The Balaban J connectivity index is 1.88. The van der Waals surface area contributed by atoms with E-state index in [1.807, 2.05) is 26.0 Å². The summed E-state index contributed by atoms with van der Waals surface area (Å²) in [7, 11) is 4.52. The summed E-state index contributed by atoms with van der Waals surface area (Å²) in [5.41, 5.74) is 7.45. The van der Waals surface area contributed by atoms with E-state index >= 15 is 0 Å². The minimum Gasteiger partial charge on any atom is -0.493 e. The second-order valence-electron chi connectivity index (χ2n) is 6.36. The molecular weight excluding hydrogens is 388 g/mol. The highest BCUT2D eigenvalue weighted by Gasteiger charge is 2.12. The number of methoxy groups -OCH3 is 3. The molecule has 0 atom stereocenters. The fourth-order valence-corrected chi connectivity index (χ4v) is 2.53. The molecule has 2 aromatic carbocycles. The maximum Gasteiger partial charge on any atom is 0.276 e. The van der Waals surface area contributed by atoms with Crippen LogP contribution in [0.2, 0.25) is 0 Å². The molecule has 0 fully saturated rings. The molecule has 0 aromatic heterocycles. The number of aryl methyl sites for hydroxylation is 2. The van der Waals surface area contributed by atoms with Crippen molar-refractivity contribution >= 4 is 17.9 Å². The lowest BCUT2D eigenvalue weighted by molar-refractivity contribution is -0.128. The van der Waals surface area contributed by atoms with Crippen molar-refractivity contribution in [2.45, 2.75) is 13.8 Å². The lowest BCUT2D eigenvalue weighted by atomic mass is 10.1. The Morgan fingerprint density at radius 2 is 1.57 bits per heavy atom. The quantitative estimate of drug-likeness (QED) is 0.509. The monoisotopic (exact) mass is 414 g/mol. The molecule has 0 aliphatic heterocycles. The molecule has 2 amide bonds. The standard InChI is InChI=1S/C22H26N2O6/c1-14-6-8-17(10-15(14)2)30-13-21(26)24-23-20(25)9-7-16-11-18(27-3)22(29-5)19(12-16)28-4/h6-12H,13H2,1-5H3,(H,23,25)(H,24,26)/b9-7+. The average Bonchev–Trinajstić information content (AvgIpc) is 2.75. The number of carbonyl (C=O) groups excluding carboxylic acids is 2. The SMILES string of the molecule is COc1cc(/C=C/C(=O)NNC(=O)COc2ccc(C)c(C)c2)cc(OC)c1OC. The van der Waals surface area contributed by atoms with Gasteiger partial charge in [0.25, 0.3) is 11.8 Å². The highest BCUT2D eigenvalue weighted by atomic mass is 16.5. The average molecular weight is 414 g/mol. The van der Waals surface area contributed by atoms with Crippen LogP contribution in [0.5, 0.6) is 23.0 Å². The summed E-state index contributed by atoms with van der Waals surface area (Å²) in [4.78, 5) is 23.8. The normalized spacial score (nSPS) is 10.4. The molecule has 160 valence electrons. The summed E-state index contributed by atoms with van der Waals surface area (Å²) < 4.78 is 21.2. The Labute approximate surface area is 175 Å². The van der Waals surface area contributed by atoms with Crippen LogP contribution in [0.15, 0.2) is 36.4 Å². The Morgan fingerprint density at radius 3 is 2.13 bits per heavy atom. The number of benzene rings is 2. The minimum absolute atomic E-state index is 0.223. The molecule has 2 N–H and O–H groups in total. The predicted octanol–water partition coefficient (Wildman–Crippen LogP) is 2.57. The summed E-state index contributed by atoms with van der Waals surface area (Å²) in [5.74, 6) is 0.980. The van der Waals surface area contributed by atoms with Crippen LogP contribution >= 0.6 is 0 Å². The molecule has 0 heterocycles. The number of amides is 2. The van der Waals surface area contributed by atoms with E-state index in [0.29, 0.717) is 28.6 Å². The first-order chi connectivity index (χ1) is 14.4. The molecule has 2 rings (SSSR count). The number of ether oxygens (including phenoxy) is 4. The highest BCUT2D eigenvalue weighted by molar-refractivity contribution is 5.93. The fraction of sp³-hybridized carbons (Fsp3) is 0.273. The second kappa shape index (κ2) is 10.8. The van der Waals surface area contributed by atoms with Crippen LogP contribution in [0.3, 0.4) is 0 Å². The van der Waals surface area contributed by atoms with Crippen molar-refractivity contribution in [1.82, 2.24) is 10.9 Å². The Bertz CT molecular complexity index is 914. The molecule has 8 heteroatoms. The Kier molecular flexibility index (Phi) is 8.10. The molecule has 0 saturated carbocycles. The lowest BCUT2D eigenvalue weighted by Gasteiger charge is -2.12. The first-order valence-corrected chi connectivity index (χ1v) is 9.15. The lowest BCUT2D eigenvalue weighted by Crippen LogP contribution is -2.43. The van der Waals surface area contributed by atoms with Crippen molar-refractivity contribution in [3.63, 3.8) is 0 Å².